The Bertz CT molecular complexity index is 3620. The van der Waals surface area contributed by atoms with E-state index in [2.05, 4.69) is 47.2 Å². The van der Waals surface area contributed by atoms with E-state index in [1.54, 1.807) is 32.6 Å². The van der Waals surface area contributed by atoms with Gasteiger partial charge in [-0.25, -0.2) is 9.07 Å². The van der Waals surface area contributed by atoms with E-state index in [-0.39, 0.29) is 68.5 Å². The maximum absolute atomic E-state index is 16.1. The molecule has 82 heavy (non-hydrogen) atoms. The van der Waals surface area contributed by atoms with Crippen molar-refractivity contribution in [1.82, 2.24) is 60.5 Å². The molecule has 2 bridgehead atoms. The Hall–Kier alpha value is -7.85. The molecule has 2 unspecified atom stereocenters. The second kappa shape index (κ2) is 22.8. The molecule has 3 aliphatic heterocycles. The summed E-state index contributed by atoms with van der Waals surface area (Å²) in [4.78, 5) is 42.7. The zero-order chi connectivity index (χ0) is 56.9. The molecule has 0 radical (unpaired) electrons. The van der Waals surface area contributed by atoms with Crippen molar-refractivity contribution in [3.8, 4) is 45.4 Å². The molecule has 2 amide bonds. The van der Waals surface area contributed by atoms with Gasteiger partial charge in [-0.3, -0.25) is 19.4 Å². The Morgan fingerprint density at radius 1 is 0.915 bits per heavy atom. The van der Waals surface area contributed by atoms with E-state index in [0.29, 0.717) is 57.8 Å². The number of amides is 2. The van der Waals surface area contributed by atoms with Crippen LogP contribution in [0.3, 0.4) is 0 Å². The summed E-state index contributed by atoms with van der Waals surface area (Å²) in [5.74, 6) is -0.0173. The summed E-state index contributed by atoms with van der Waals surface area (Å²) in [6, 6.07) is 19.2. The molecule has 1 saturated carbocycles. The average molecular weight is 1120 g/mol. The van der Waals surface area contributed by atoms with Crippen molar-refractivity contribution >= 4 is 39.4 Å². The lowest BCUT2D eigenvalue weighted by Gasteiger charge is -2.34. The molecule has 4 aliphatic rings. The number of aromatic amines is 1. The van der Waals surface area contributed by atoms with Crippen molar-refractivity contribution in [2.45, 2.75) is 128 Å². The molecule has 7 heterocycles. The minimum atomic E-state index is -0.986. The number of carbonyl (C=O) groups excluding carboxylic acids is 2. The maximum atomic E-state index is 16.1. The van der Waals surface area contributed by atoms with Gasteiger partial charge in [-0.2, -0.15) is 20.2 Å². The number of H-pyrrole nitrogens is 1. The van der Waals surface area contributed by atoms with Crippen LogP contribution in [0.1, 0.15) is 100 Å². The van der Waals surface area contributed by atoms with Gasteiger partial charge in [-0.05, 0) is 104 Å². The standard InChI is InChI=1S/C61H70FN13O7/c1-7-74-51(20-21-64-74)40-16-14-39(15-17-40)50(30-76)66-59(78)52-22-43(77)28-73(52)60(79)56(33(2)3)75-29-49(70-71-75)38-10-8-36(9-11-38)32-81-57-54(53-35(5)47(62)24-48-46(53)25-63-69-48)44(37-12-13-37)23-45-55(57)67-61(82-31-34(4)80-6)68-58(45)72-26-41-18-19-42(27-72)65-41/h8-11,14-17,20-21,23-25,29,33-34,37,41-43,50,52,56,65,76-77H,7,12-13,18-19,22,26-28,30-32H2,1-6H3,(H,63,69)(H,66,78)/t34-,41?,42?,43+,50-,52-,56-/m0/s1. The number of nitrogens with one attached hydrogen (secondary N) is 3. The number of hydrogen-bond donors (Lipinski definition) is 5. The van der Waals surface area contributed by atoms with Gasteiger partial charge in [-0.15, -0.1) is 5.10 Å². The number of aliphatic hydroxyl groups excluding tert-OH is 2. The Kier molecular flexibility index (Phi) is 15.2. The average Bonchev–Trinajstić information content (AvgIpc) is 2.03. The van der Waals surface area contributed by atoms with Gasteiger partial charge in [0.25, 0.3) is 0 Å². The van der Waals surface area contributed by atoms with Gasteiger partial charge >= 0.3 is 6.01 Å². The quantitative estimate of drug-likeness (QED) is 0.0495. The molecule has 3 saturated heterocycles. The molecule has 8 aromatic rings. The monoisotopic (exact) mass is 1120 g/mol. The van der Waals surface area contributed by atoms with Gasteiger partial charge in [0.2, 0.25) is 11.8 Å². The zero-order valence-electron chi connectivity index (χ0n) is 47.1. The van der Waals surface area contributed by atoms with E-state index in [4.69, 9.17) is 24.2 Å². The minimum absolute atomic E-state index is 0.0388. The normalized spacial score (nSPS) is 20.0. The first kappa shape index (κ1) is 54.7. The molecule has 21 heteroatoms. The SMILES string of the molecule is CCn1nccc1-c1ccc([C@H](CO)NC(=O)[C@@H]2C[C@@H](O)CN2C(=O)[C@H](C(C)C)n2cc(-c3ccc(COc4c(-c5c(C)c(F)cc6[nH]ncc56)c(C5CC5)cc5c(N6CC7CCC(C6)N7)nc(OC[C@H](C)OC)nc45)cc3)nn2)cc1. The third-order valence-electron chi connectivity index (χ3n) is 16.8. The summed E-state index contributed by atoms with van der Waals surface area (Å²) in [7, 11) is 1.64. The number of aryl methyl sites for hydroxylation is 1. The number of carbonyl (C=O) groups is 2. The van der Waals surface area contributed by atoms with Crippen LogP contribution in [0.5, 0.6) is 11.8 Å². The molecule has 5 N–H and O–H groups in total. The number of benzene rings is 4. The fraction of sp³-hybridized carbons (Fsp3) is 0.443. The summed E-state index contributed by atoms with van der Waals surface area (Å²) in [6.45, 7) is 11.7. The molecule has 0 spiro atoms. The van der Waals surface area contributed by atoms with E-state index in [1.807, 2.05) is 87.0 Å². The summed E-state index contributed by atoms with van der Waals surface area (Å²) in [5, 5.41) is 50.4. The van der Waals surface area contributed by atoms with Crippen molar-refractivity contribution in [2.75, 3.05) is 44.9 Å². The highest BCUT2D eigenvalue weighted by atomic mass is 19.1. The lowest BCUT2D eigenvalue weighted by Crippen LogP contribution is -2.51. The van der Waals surface area contributed by atoms with Crippen LogP contribution >= 0.6 is 0 Å². The molecule has 428 valence electrons. The summed E-state index contributed by atoms with van der Waals surface area (Å²) in [5.41, 5.74) is 8.81. The van der Waals surface area contributed by atoms with E-state index < -0.39 is 30.1 Å². The number of hydrogen-bond acceptors (Lipinski definition) is 15. The second-order valence-corrected chi connectivity index (χ2v) is 22.8. The minimum Gasteiger partial charge on any atom is -0.486 e. The first-order valence-corrected chi connectivity index (χ1v) is 28.6. The Morgan fingerprint density at radius 2 is 1.67 bits per heavy atom. The topological polar surface area (TPSA) is 236 Å². The van der Waals surface area contributed by atoms with E-state index in [0.717, 1.165) is 88.9 Å². The van der Waals surface area contributed by atoms with Gasteiger partial charge in [0, 0.05) is 85.5 Å². The predicted molar refractivity (Wildman–Crippen MR) is 307 cm³/mol. The first-order chi connectivity index (χ1) is 39.8. The van der Waals surface area contributed by atoms with E-state index >= 15 is 4.39 Å². The number of β-amino-alcohol motifs (C(OH)–C–C–N with tert-alkyl or cyclic N) is 1. The van der Waals surface area contributed by atoms with Crippen LogP contribution in [-0.4, -0.2) is 142 Å². The summed E-state index contributed by atoms with van der Waals surface area (Å²) in [6.07, 6.45) is 8.23. The lowest BCUT2D eigenvalue weighted by atomic mass is 9.88. The number of likely N-dealkylation sites (tertiary alicyclic amines) is 1. The molecule has 7 atom stereocenters. The number of piperazine rings is 1. The predicted octanol–water partition coefficient (Wildman–Crippen LogP) is 7.58. The number of aliphatic hydroxyl groups is 2. The van der Waals surface area contributed by atoms with Crippen LogP contribution in [-0.2, 0) is 27.5 Å². The molecule has 4 fully saturated rings. The summed E-state index contributed by atoms with van der Waals surface area (Å²) < 4.78 is 38.6. The number of ether oxygens (including phenoxy) is 3. The maximum Gasteiger partial charge on any atom is 0.319 e. The van der Waals surface area contributed by atoms with Crippen LogP contribution in [0.4, 0.5) is 10.2 Å². The molecule has 4 aromatic carbocycles. The number of methoxy groups -OCH3 is 1. The van der Waals surface area contributed by atoms with Gasteiger partial charge in [0.1, 0.15) is 48.1 Å². The second-order valence-electron chi connectivity index (χ2n) is 22.8. The number of aromatic nitrogens is 9. The van der Waals surface area contributed by atoms with Gasteiger partial charge in [0.05, 0.1) is 48.5 Å². The van der Waals surface area contributed by atoms with E-state index in [1.165, 1.54) is 15.6 Å². The Morgan fingerprint density at radius 3 is 2.38 bits per heavy atom. The lowest BCUT2D eigenvalue weighted by molar-refractivity contribution is -0.142. The van der Waals surface area contributed by atoms with Gasteiger partial charge in [-0.1, -0.05) is 67.6 Å². The highest BCUT2D eigenvalue weighted by Crippen LogP contribution is 2.53. The highest BCUT2D eigenvalue weighted by molar-refractivity contribution is 6.06. The summed E-state index contributed by atoms with van der Waals surface area (Å²) >= 11 is 0. The number of halogens is 1. The van der Waals surface area contributed by atoms with Crippen molar-refractivity contribution in [3.63, 3.8) is 0 Å². The molecular formula is C61H70FN13O7. The Labute approximate surface area is 474 Å². The molecule has 4 aromatic heterocycles. The number of nitrogens with zero attached hydrogens (tertiary/aromatic N) is 10. The first-order valence-electron chi connectivity index (χ1n) is 28.6. The van der Waals surface area contributed by atoms with Crippen molar-refractivity contribution in [1.29, 1.82) is 0 Å². The smallest absolute Gasteiger partial charge is 0.319 e. The molecule has 1 aliphatic carbocycles. The van der Waals surface area contributed by atoms with Crippen molar-refractivity contribution in [3.05, 3.63) is 113 Å². The molecular weight excluding hydrogens is 1050 g/mol. The van der Waals surface area contributed by atoms with Crippen LogP contribution in [0.25, 0.3) is 55.4 Å². The van der Waals surface area contributed by atoms with Gasteiger partial charge < -0.3 is 44.9 Å². The fourth-order valence-corrected chi connectivity index (χ4v) is 12.2. The number of anilines is 1. The van der Waals surface area contributed by atoms with Gasteiger partial charge in [0.15, 0.2) is 5.75 Å². The molecule has 12 rings (SSSR count). The third-order valence-corrected chi connectivity index (χ3v) is 16.8. The zero-order valence-corrected chi connectivity index (χ0v) is 47.1. The highest BCUT2D eigenvalue weighted by Gasteiger charge is 2.44. The number of fused-ring (bicyclic) bond motifs is 4. The molecule has 20 nitrogen and oxygen atoms in total. The van der Waals surface area contributed by atoms with Crippen molar-refractivity contribution in [2.24, 2.45) is 5.92 Å². The van der Waals surface area contributed by atoms with Crippen LogP contribution in [0.2, 0.25) is 0 Å². The largest absolute Gasteiger partial charge is 0.486 e. The van der Waals surface area contributed by atoms with Crippen LogP contribution < -0.4 is 25.0 Å². The van der Waals surface area contributed by atoms with Crippen LogP contribution in [0, 0.1) is 18.7 Å². The van der Waals surface area contributed by atoms with Crippen molar-refractivity contribution < 1.29 is 38.4 Å². The fourth-order valence-electron chi connectivity index (χ4n) is 12.2. The van der Waals surface area contributed by atoms with Crippen LogP contribution in [0.15, 0.2) is 85.3 Å². The Balaban J connectivity index is 0.821. The number of rotatable bonds is 20. The third kappa shape index (κ3) is 10.7. The van der Waals surface area contributed by atoms with E-state index in [9.17, 15) is 19.8 Å².